The van der Waals surface area contributed by atoms with E-state index in [1.807, 2.05) is 0 Å². The minimum absolute atomic E-state index is 0.0253. The lowest BCUT2D eigenvalue weighted by Gasteiger charge is -2.25. The Morgan fingerprint density at radius 3 is 2.75 bits per heavy atom. The van der Waals surface area contributed by atoms with Gasteiger partial charge in [-0.15, -0.1) is 11.3 Å². The van der Waals surface area contributed by atoms with E-state index in [-0.39, 0.29) is 18.9 Å². The van der Waals surface area contributed by atoms with E-state index in [2.05, 4.69) is 20.6 Å². The molecule has 3 rings (SSSR count). The van der Waals surface area contributed by atoms with E-state index in [1.165, 1.54) is 22.7 Å². The van der Waals surface area contributed by atoms with E-state index in [0.29, 0.717) is 47.8 Å². The molecule has 3 heterocycles. The third-order valence-electron chi connectivity index (χ3n) is 3.86. The molecule has 1 aliphatic heterocycles. The number of carbonyl (C=O) groups excluding carboxylic acids is 2. The van der Waals surface area contributed by atoms with Gasteiger partial charge in [0.1, 0.15) is 0 Å². The van der Waals surface area contributed by atoms with Crippen LogP contribution in [-0.2, 0) is 9.53 Å². The number of hydrogen-bond acceptors (Lipinski definition) is 8. The van der Waals surface area contributed by atoms with Gasteiger partial charge in [0, 0.05) is 25.0 Å². The van der Waals surface area contributed by atoms with Crippen LogP contribution in [0.25, 0.3) is 10.6 Å². The van der Waals surface area contributed by atoms with Crippen LogP contribution in [0.15, 0.2) is 5.38 Å². The maximum absolute atomic E-state index is 12.5. The van der Waals surface area contributed by atoms with Crippen LogP contribution in [0.4, 0.5) is 9.93 Å². The molecule has 0 aliphatic carbocycles. The molecule has 0 bridgehead atoms. The quantitative estimate of drug-likeness (QED) is 0.640. The molecule has 1 saturated heterocycles. The van der Waals surface area contributed by atoms with Crippen molar-refractivity contribution in [2.24, 2.45) is 0 Å². The normalized spacial score (nSPS) is 14.0. The number of anilines is 1. The highest BCUT2D eigenvalue weighted by molar-refractivity contribution is 7.19. The number of carboxylic acid groups (broad SMARTS) is 1. The molecule has 2 aromatic heterocycles. The molecule has 0 aromatic carbocycles. The maximum Gasteiger partial charge on any atom is 0.321 e. The number of aryl methyl sites for hydroxylation is 1. The molecule has 12 heteroatoms. The second-order valence-corrected chi connectivity index (χ2v) is 7.76. The number of urea groups is 1. The van der Waals surface area contributed by atoms with Crippen LogP contribution in [0.3, 0.4) is 0 Å². The molecular formula is C16H19N5O5S2. The van der Waals surface area contributed by atoms with Crippen molar-refractivity contribution >= 4 is 45.7 Å². The summed E-state index contributed by atoms with van der Waals surface area (Å²) in [7, 11) is 0. The van der Waals surface area contributed by atoms with Crippen molar-refractivity contribution in [3.63, 3.8) is 0 Å². The van der Waals surface area contributed by atoms with E-state index < -0.39 is 12.0 Å². The van der Waals surface area contributed by atoms with Gasteiger partial charge in [0.2, 0.25) is 0 Å². The molecule has 0 radical (unpaired) electrons. The second-order valence-electron chi connectivity index (χ2n) is 5.90. The zero-order valence-corrected chi connectivity index (χ0v) is 16.7. The second kappa shape index (κ2) is 9.08. The van der Waals surface area contributed by atoms with E-state index in [9.17, 15) is 14.4 Å². The van der Waals surface area contributed by atoms with Gasteiger partial charge in [0.05, 0.1) is 35.9 Å². The first-order valence-electron chi connectivity index (χ1n) is 8.51. The number of aliphatic carboxylic acids is 1. The van der Waals surface area contributed by atoms with Crippen LogP contribution in [0, 0.1) is 6.92 Å². The van der Waals surface area contributed by atoms with E-state index in [1.54, 1.807) is 17.2 Å². The molecule has 150 valence electrons. The van der Waals surface area contributed by atoms with Crippen molar-refractivity contribution in [2.45, 2.75) is 13.3 Å². The van der Waals surface area contributed by atoms with Gasteiger partial charge in [0.15, 0.2) is 10.1 Å². The first-order chi connectivity index (χ1) is 13.4. The van der Waals surface area contributed by atoms with Gasteiger partial charge in [0.25, 0.3) is 5.91 Å². The van der Waals surface area contributed by atoms with Gasteiger partial charge in [-0.25, -0.2) is 14.8 Å². The van der Waals surface area contributed by atoms with Crippen molar-refractivity contribution in [2.75, 3.05) is 38.2 Å². The minimum Gasteiger partial charge on any atom is -0.481 e. The summed E-state index contributed by atoms with van der Waals surface area (Å²) >= 11 is 2.51. The summed E-state index contributed by atoms with van der Waals surface area (Å²) in [6, 6.07) is -0.525. The number of ether oxygens (including phenoxy) is 1. The summed E-state index contributed by atoms with van der Waals surface area (Å²) in [6.45, 7) is 3.99. The van der Waals surface area contributed by atoms with Crippen molar-refractivity contribution in [3.05, 3.63) is 16.1 Å². The molecule has 3 amide bonds. The molecule has 1 fully saturated rings. The number of amides is 3. The lowest BCUT2D eigenvalue weighted by Crippen LogP contribution is -2.40. The zero-order valence-electron chi connectivity index (χ0n) is 15.1. The average Bonchev–Trinajstić information content (AvgIpc) is 3.28. The van der Waals surface area contributed by atoms with Gasteiger partial charge >= 0.3 is 12.0 Å². The number of hydrogen-bond donors (Lipinski definition) is 3. The highest BCUT2D eigenvalue weighted by Gasteiger charge is 2.23. The first kappa shape index (κ1) is 20.2. The Bertz CT molecular complexity index is 875. The number of carboxylic acids is 1. The summed E-state index contributed by atoms with van der Waals surface area (Å²) in [5.41, 5.74) is 1.32. The molecule has 28 heavy (non-hydrogen) atoms. The fourth-order valence-electron chi connectivity index (χ4n) is 2.49. The number of rotatable bonds is 6. The third-order valence-corrected chi connectivity index (χ3v) is 5.79. The Morgan fingerprint density at radius 1 is 1.29 bits per heavy atom. The zero-order chi connectivity index (χ0) is 20.1. The molecular weight excluding hydrogens is 406 g/mol. The number of morpholine rings is 1. The van der Waals surface area contributed by atoms with Crippen LogP contribution < -0.4 is 10.6 Å². The molecule has 0 atom stereocenters. The molecule has 1 aliphatic rings. The van der Waals surface area contributed by atoms with Crippen LogP contribution in [-0.4, -0.2) is 70.7 Å². The summed E-state index contributed by atoms with van der Waals surface area (Å²) in [5.74, 6) is -1.10. The summed E-state index contributed by atoms with van der Waals surface area (Å²) in [4.78, 5) is 46.0. The highest BCUT2D eigenvalue weighted by atomic mass is 32.1. The average molecular weight is 425 g/mol. The minimum atomic E-state index is -0.987. The fourth-order valence-corrected chi connectivity index (χ4v) is 4.26. The summed E-state index contributed by atoms with van der Waals surface area (Å²) in [6.07, 6.45) is -0.158. The Balaban J connectivity index is 1.64. The lowest BCUT2D eigenvalue weighted by atomic mass is 10.3. The molecule has 0 saturated carbocycles. The van der Waals surface area contributed by atoms with Crippen molar-refractivity contribution in [3.8, 4) is 10.6 Å². The van der Waals surface area contributed by atoms with Crippen LogP contribution in [0.5, 0.6) is 0 Å². The number of aromatic nitrogens is 2. The van der Waals surface area contributed by atoms with Gasteiger partial charge in [-0.05, 0) is 6.92 Å². The largest absolute Gasteiger partial charge is 0.481 e. The standard InChI is InChI=1S/C16H19N5O5S2/c1-9-12(28-16(18-9)20-15(25)17-3-2-11(22)23)10-8-27-13(19-10)14(24)21-4-6-26-7-5-21/h8H,2-7H2,1H3,(H,22,23)(H2,17,18,20,25). The van der Waals surface area contributed by atoms with E-state index in [4.69, 9.17) is 9.84 Å². The van der Waals surface area contributed by atoms with E-state index in [0.717, 1.165) is 4.88 Å². The predicted octanol–water partition coefficient (Wildman–Crippen LogP) is 1.64. The van der Waals surface area contributed by atoms with Gasteiger partial charge in [-0.3, -0.25) is 14.9 Å². The molecule has 10 nitrogen and oxygen atoms in total. The predicted molar refractivity (Wildman–Crippen MR) is 104 cm³/mol. The van der Waals surface area contributed by atoms with Crippen molar-refractivity contribution in [1.29, 1.82) is 0 Å². The summed E-state index contributed by atoms with van der Waals surface area (Å²) in [5, 5.41) is 16.2. The number of thiazole rings is 2. The van der Waals surface area contributed by atoms with Crippen LogP contribution in [0.1, 0.15) is 21.9 Å². The molecule has 3 N–H and O–H groups in total. The van der Waals surface area contributed by atoms with Gasteiger partial charge in [-0.2, -0.15) is 0 Å². The van der Waals surface area contributed by atoms with Crippen molar-refractivity contribution < 1.29 is 24.2 Å². The number of carbonyl (C=O) groups is 3. The molecule has 2 aromatic rings. The summed E-state index contributed by atoms with van der Waals surface area (Å²) < 4.78 is 5.26. The first-order valence-corrected chi connectivity index (χ1v) is 10.2. The Labute approximate surface area is 168 Å². The molecule has 0 unspecified atom stereocenters. The smallest absolute Gasteiger partial charge is 0.321 e. The Morgan fingerprint density at radius 2 is 2.04 bits per heavy atom. The topological polar surface area (TPSA) is 134 Å². The van der Waals surface area contributed by atoms with Gasteiger partial charge < -0.3 is 20.1 Å². The highest BCUT2D eigenvalue weighted by Crippen LogP contribution is 2.33. The lowest BCUT2D eigenvalue weighted by molar-refractivity contribution is -0.136. The number of nitrogens with zero attached hydrogens (tertiary/aromatic N) is 3. The van der Waals surface area contributed by atoms with Crippen LogP contribution in [0.2, 0.25) is 0 Å². The van der Waals surface area contributed by atoms with E-state index >= 15 is 0 Å². The fraction of sp³-hybridized carbons (Fsp3) is 0.438. The van der Waals surface area contributed by atoms with Crippen LogP contribution >= 0.6 is 22.7 Å². The maximum atomic E-state index is 12.5. The SMILES string of the molecule is Cc1nc(NC(=O)NCCC(=O)O)sc1-c1csc(C(=O)N2CCOCC2)n1. The van der Waals surface area contributed by atoms with Crippen molar-refractivity contribution in [1.82, 2.24) is 20.2 Å². The Hall–Kier alpha value is -2.57. The monoisotopic (exact) mass is 425 g/mol. The van der Waals surface area contributed by atoms with Gasteiger partial charge in [-0.1, -0.05) is 11.3 Å². The Kier molecular flexibility index (Phi) is 6.54. The third kappa shape index (κ3) is 5.03. The molecule has 0 spiro atoms. The number of nitrogens with one attached hydrogen (secondary N) is 2.